The molecule has 0 saturated carbocycles. The number of benzene rings is 1. The molecular formula is C15H18F4N2O3. The van der Waals surface area contributed by atoms with Gasteiger partial charge in [-0.1, -0.05) is 13.0 Å². The number of carbonyl (C=O) groups excluding carboxylic acids is 2. The highest BCUT2D eigenvalue weighted by atomic mass is 19.4. The number of esters is 1. The van der Waals surface area contributed by atoms with Crippen molar-refractivity contribution in [3.63, 3.8) is 0 Å². The second-order valence-electron chi connectivity index (χ2n) is 4.90. The monoisotopic (exact) mass is 350 g/mol. The van der Waals surface area contributed by atoms with Gasteiger partial charge in [-0.2, -0.15) is 13.2 Å². The number of nitrogens with one attached hydrogen (secondary N) is 2. The molecule has 1 atom stereocenters. The summed E-state index contributed by atoms with van der Waals surface area (Å²) in [6, 6.07) is 4.10. The van der Waals surface area contributed by atoms with Crippen LogP contribution in [0.4, 0.5) is 23.2 Å². The van der Waals surface area contributed by atoms with Gasteiger partial charge in [0, 0.05) is 12.1 Å². The van der Waals surface area contributed by atoms with E-state index in [2.05, 4.69) is 4.74 Å². The van der Waals surface area contributed by atoms with E-state index in [1.807, 2.05) is 5.32 Å². The molecule has 24 heavy (non-hydrogen) atoms. The molecule has 0 aromatic heterocycles. The van der Waals surface area contributed by atoms with E-state index in [4.69, 9.17) is 0 Å². The van der Waals surface area contributed by atoms with Crippen LogP contribution in [0.25, 0.3) is 0 Å². The number of carbonyl (C=O) groups is 2. The summed E-state index contributed by atoms with van der Waals surface area (Å²) in [7, 11) is 0. The molecule has 0 aliphatic heterocycles. The van der Waals surface area contributed by atoms with Crippen LogP contribution in [0.2, 0.25) is 0 Å². The number of hydrogen-bond acceptors (Lipinski definition) is 4. The highest BCUT2D eigenvalue weighted by Crippen LogP contribution is 2.33. The highest BCUT2D eigenvalue weighted by Gasteiger charge is 2.63. The third-order valence-corrected chi connectivity index (χ3v) is 2.97. The van der Waals surface area contributed by atoms with Gasteiger partial charge in [-0.15, -0.1) is 0 Å². The Morgan fingerprint density at radius 3 is 2.38 bits per heavy atom. The minimum absolute atomic E-state index is 0.220. The lowest BCUT2D eigenvalue weighted by molar-refractivity contribution is -0.207. The van der Waals surface area contributed by atoms with Crippen molar-refractivity contribution >= 4 is 17.6 Å². The minimum atomic E-state index is -5.23. The first kappa shape index (κ1) is 19.7. The molecule has 0 heterocycles. The summed E-state index contributed by atoms with van der Waals surface area (Å²) in [5.41, 5.74) is -3.85. The van der Waals surface area contributed by atoms with Gasteiger partial charge in [0.2, 0.25) is 5.91 Å². The van der Waals surface area contributed by atoms with Gasteiger partial charge in [-0.25, -0.2) is 9.18 Å². The molecular weight excluding hydrogens is 332 g/mol. The average molecular weight is 350 g/mol. The number of anilines is 1. The molecule has 1 rings (SSSR count). The number of halogens is 4. The third-order valence-electron chi connectivity index (χ3n) is 2.97. The van der Waals surface area contributed by atoms with Crippen molar-refractivity contribution in [2.75, 3.05) is 11.9 Å². The largest absolute Gasteiger partial charge is 0.463 e. The smallest absolute Gasteiger partial charge is 0.441 e. The number of ether oxygens (including phenoxy) is 1. The summed E-state index contributed by atoms with van der Waals surface area (Å²) < 4.78 is 58.7. The summed E-state index contributed by atoms with van der Waals surface area (Å²) in [5, 5.41) is 3.53. The molecule has 1 aromatic carbocycles. The van der Waals surface area contributed by atoms with Crippen LogP contribution in [-0.2, 0) is 14.3 Å². The minimum Gasteiger partial charge on any atom is -0.463 e. The van der Waals surface area contributed by atoms with Gasteiger partial charge in [-0.05, 0) is 31.5 Å². The van der Waals surface area contributed by atoms with Crippen LogP contribution in [0.15, 0.2) is 24.3 Å². The molecule has 1 aromatic rings. The van der Waals surface area contributed by atoms with E-state index >= 15 is 0 Å². The zero-order valence-corrected chi connectivity index (χ0v) is 13.2. The fourth-order valence-electron chi connectivity index (χ4n) is 1.91. The molecule has 2 N–H and O–H groups in total. The highest BCUT2D eigenvalue weighted by molar-refractivity contribution is 5.91. The lowest BCUT2D eigenvalue weighted by atomic mass is 10.1. The van der Waals surface area contributed by atoms with E-state index in [1.54, 1.807) is 12.2 Å². The number of amides is 1. The topological polar surface area (TPSA) is 67.4 Å². The number of hydrogen-bond donors (Lipinski definition) is 2. The zero-order valence-electron chi connectivity index (χ0n) is 13.2. The molecule has 0 aliphatic rings. The Balaban J connectivity index is 3.33. The normalized spacial score (nSPS) is 13.8. The first-order chi connectivity index (χ1) is 11.2. The number of rotatable bonds is 7. The van der Waals surface area contributed by atoms with E-state index < -0.39 is 29.5 Å². The lowest BCUT2D eigenvalue weighted by Gasteiger charge is -2.35. The molecule has 0 bridgehead atoms. The van der Waals surface area contributed by atoms with Crippen LogP contribution in [0.1, 0.15) is 26.7 Å². The predicted molar refractivity (Wildman–Crippen MR) is 78.5 cm³/mol. The van der Waals surface area contributed by atoms with E-state index in [9.17, 15) is 27.2 Å². The van der Waals surface area contributed by atoms with Crippen molar-refractivity contribution in [1.82, 2.24) is 5.32 Å². The Morgan fingerprint density at radius 2 is 1.88 bits per heavy atom. The maximum absolute atomic E-state index is 13.7. The van der Waals surface area contributed by atoms with Crippen molar-refractivity contribution in [3.8, 4) is 0 Å². The fourth-order valence-corrected chi connectivity index (χ4v) is 1.91. The van der Waals surface area contributed by atoms with Gasteiger partial charge in [0.15, 0.2) is 0 Å². The van der Waals surface area contributed by atoms with Crippen LogP contribution < -0.4 is 10.6 Å². The quantitative estimate of drug-likeness (QED) is 0.451. The van der Waals surface area contributed by atoms with Crippen LogP contribution in [0.3, 0.4) is 0 Å². The van der Waals surface area contributed by atoms with Crippen molar-refractivity contribution in [2.24, 2.45) is 0 Å². The standard InChI is InChI=1S/C15H18F4N2O3/c1-3-6-12(22)21-14(15(17,18)19,13(23)24-4-2)20-11-8-5-7-10(16)9-11/h5,7-9,20H,3-4,6H2,1-2H3,(H,21,22). The Bertz CT molecular complexity index is 592. The van der Waals surface area contributed by atoms with Crippen molar-refractivity contribution in [2.45, 2.75) is 38.5 Å². The molecule has 0 radical (unpaired) electrons. The maximum Gasteiger partial charge on any atom is 0.441 e. The zero-order chi connectivity index (χ0) is 18.4. The average Bonchev–Trinajstić information content (AvgIpc) is 2.45. The maximum atomic E-state index is 13.7. The molecule has 134 valence electrons. The molecule has 9 heteroatoms. The molecule has 0 aliphatic carbocycles. The van der Waals surface area contributed by atoms with Crippen molar-refractivity contribution in [3.05, 3.63) is 30.1 Å². The Labute approximate surface area is 136 Å². The first-order valence-electron chi connectivity index (χ1n) is 7.25. The summed E-state index contributed by atoms with van der Waals surface area (Å²) >= 11 is 0. The van der Waals surface area contributed by atoms with Gasteiger partial charge in [0.1, 0.15) is 5.82 Å². The van der Waals surface area contributed by atoms with Crippen LogP contribution in [0.5, 0.6) is 0 Å². The van der Waals surface area contributed by atoms with E-state index in [1.165, 1.54) is 6.92 Å². The summed E-state index contributed by atoms with van der Waals surface area (Å²) in [5.74, 6) is -3.53. The fraction of sp³-hybridized carbons (Fsp3) is 0.467. The molecule has 0 saturated heterocycles. The van der Waals surface area contributed by atoms with E-state index in [0.717, 1.165) is 24.3 Å². The van der Waals surface area contributed by atoms with Crippen molar-refractivity contribution < 1.29 is 31.9 Å². The van der Waals surface area contributed by atoms with E-state index in [-0.39, 0.29) is 25.1 Å². The third kappa shape index (κ3) is 4.59. The Morgan fingerprint density at radius 1 is 1.21 bits per heavy atom. The lowest BCUT2D eigenvalue weighted by Crippen LogP contribution is -2.69. The Hall–Kier alpha value is -2.32. The van der Waals surface area contributed by atoms with E-state index in [0.29, 0.717) is 0 Å². The molecule has 0 spiro atoms. The van der Waals surface area contributed by atoms with Crippen LogP contribution in [0, 0.1) is 5.82 Å². The SMILES string of the molecule is CCCC(=O)NC(Nc1cccc(F)c1)(C(=O)OCC)C(F)(F)F. The summed E-state index contributed by atoms with van der Waals surface area (Å²) in [6.45, 7) is 2.60. The second-order valence-corrected chi connectivity index (χ2v) is 4.90. The second kappa shape index (κ2) is 7.98. The van der Waals surface area contributed by atoms with Crippen LogP contribution in [-0.4, -0.2) is 30.3 Å². The van der Waals surface area contributed by atoms with Gasteiger partial charge in [0.05, 0.1) is 6.61 Å². The Kier molecular flexibility index (Phi) is 6.56. The first-order valence-corrected chi connectivity index (χ1v) is 7.25. The van der Waals surface area contributed by atoms with Gasteiger partial charge in [0.25, 0.3) is 0 Å². The van der Waals surface area contributed by atoms with Gasteiger partial charge in [-0.3, -0.25) is 4.79 Å². The predicted octanol–water partition coefficient (Wildman–Crippen LogP) is 2.98. The van der Waals surface area contributed by atoms with Gasteiger partial charge < -0.3 is 15.4 Å². The van der Waals surface area contributed by atoms with Crippen molar-refractivity contribution in [1.29, 1.82) is 0 Å². The molecule has 1 unspecified atom stereocenters. The molecule has 5 nitrogen and oxygen atoms in total. The molecule has 1 amide bonds. The molecule has 0 fully saturated rings. The summed E-state index contributed by atoms with van der Waals surface area (Å²) in [6.07, 6.45) is -5.17. The van der Waals surface area contributed by atoms with Gasteiger partial charge >= 0.3 is 17.8 Å². The van der Waals surface area contributed by atoms with Crippen LogP contribution >= 0.6 is 0 Å². The number of alkyl halides is 3. The summed E-state index contributed by atoms with van der Waals surface area (Å²) in [4.78, 5) is 23.8.